The van der Waals surface area contributed by atoms with Crippen LogP contribution in [0.4, 0.5) is 5.82 Å². The van der Waals surface area contributed by atoms with Crippen LogP contribution in [-0.4, -0.2) is 62.7 Å². The van der Waals surface area contributed by atoms with Gasteiger partial charge in [-0.2, -0.15) is 0 Å². The number of aromatic nitrogens is 1. The molecule has 7 nitrogen and oxygen atoms in total. The molecule has 0 bridgehead atoms. The number of nitrogens with one attached hydrogen (secondary N) is 1. The summed E-state index contributed by atoms with van der Waals surface area (Å²) in [6.45, 7) is 3.76. The van der Waals surface area contributed by atoms with Gasteiger partial charge in [-0.1, -0.05) is 11.6 Å². The van der Waals surface area contributed by atoms with Gasteiger partial charge in [-0.15, -0.1) is 0 Å². The van der Waals surface area contributed by atoms with Crippen molar-refractivity contribution in [2.75, 3.05) is 37.3 Å². The molecule has 0 radical (unpaired) electrons. The van der Waals surface area contributed by atoms with Crippen LogP contribution in [-0.2, 0) is 14.8 Å². The number of pyridine rings is 1. The van der Waals surface area contributed by atoms with Gasteiger partial charge >= 0.3 is 0 Å². The van der Waals surface area contributed by atoms with E-state index < -0.39 is 16.1 Å². The predicted molar refractivity (Wildman–Crippen MR) is 85.5 cm³/mol. The van der Waals surface area contributed by atoms with E-state index in [0.29, 0.717) is 37.0 Å². The summed E-state index contributed by atoms with van der Waals surface area (Å²) in [7, 11) is -3.40. The average molecular weight is 347 g/mol. The van der Waals surface area contributed by atoms with Crippen LogP contribution < -0.4 is 9.62 Å². The molecule has 1 amide bonds. The number of nitrogens with zero attached hydrogens (tertiary/aromatic N) is 3. The van der Waals surface area contributed by atoms with Gasteiger partial charge in [0.05, 0.1) is 17.3 Å². The zero-order valence-corrected chi connectivity index (χ0v) is 14.1. The smallest absolute Gasteiger partial charge is 0.240 e. The molecule has 1 atom stereocenters. The number of rotatable bonds is 4. The quantitative estimate of drug-likeness (QED) is 0.849. The van der Waals surface area contributed by atoms with Crippen molar-refractivity contribution < 1.29 is 13.2 Å². The maximum Gasteiger partial charge on any atom is 0.240 e. The Balaban J connectivity index is 1.95. The zero-order chi connectivity index (χ0) is 16.3. The lowest BCUT2D eigenvalue weighted by Gasteiger charge is -2.36. The average Bonchev–Trinajstić information content (AvgIpc) is 2.45. The van der Waals surface area contributed by atoms with Crippen molar-refractivity contribution in [2.45, 2.75) is 13.0 Å². The van der Waals surface area contributed by atoms with E-state index in [-0.39, 0.29) is 5.91 Å². The maximum atomic E-state index is 12.2. The molecule has 0 saturated carbocycles. The molecule has 1 N–H and O–H groups in total. The van der Waals surface area contributed by atoms with Crippen molar-refractivity contribution in [3.05, 3.63) is 23.4 Å². The molecule has 2 rings (SSSR count). The second-order valence-electron chi connectivity index (χ2n) is 5.23. The number of hydrogen-bond acceptors (Lipinski definition) is 5. The van der Waals surface area contributed by atoms with Crippen molar-refractivity contribution in [3.8, 4) is 0 Å². The molecular formula is C13H19ClN4O3S. The summed E-state index contributed by atoms with van der Waals surface area (Å²) in [5.74, 6) is 0.482. The molecule has 1 aliphatic rings. The molecule has 1 aliphatic heterocycles. The highest BCUT2D eigenvalue weighted by Crippen LogP contribution is 2.23. The van der Waals surface area contributed by atoms with E-state index in [1.165, 1.54) is 0 Å². The molecule has 1 fully saturated rings. The molecule has 0 unspecified atom stereocenters. The number of carbonyl (C=O) groups excluding carboxylic acids is 1. The Bertz CT molecular complexity index is 644. The van der Waals surface area contributed by atoms with Crippen LogP contribution in [0.15, 0.2) is 18.3 Å². The van der Waals surface area contributed by atoms with Gasteiger partial charge in [0.15, 0.2) is 0 Å². The van der Waals surface area contributed by atoms with E-state index in [1.54, 1.807) is 30.2 Å². The Morgan fingerprint density at radius 3 is 2.55 bits per heavy atom. The van der Waals surface area contributed by atoms with Gasteiger partial charge in [0.25, 0.3) is 0 Å². The summed E-state index contributed by atoms with van der Waals surface area (Å²) in [4.78, 5) is 20.1. The van der Waals surface area contributed by atoms with Crippen molar-refractivity contribution in [1.82, 2.24) is 14.6 Å². The Morgan fingerprint density at radius 1 is 1.36 bits per heavy atom. The maximum absolute atomic E-state index is 12.2. The van der Waals surface area contributed by atoms with Gasteiger partial charge < -0.3 is 9.80 Å². The van der Waals surface area contributed by atoms with Gasteiger partial charge in [-0.05, 0) is 19.1 Å². The highest BCUT2D eigenvalue weighted by atomic mass is 35.5. The summed E-state index contributed by atoms with van der Waals surface area (Å²) in [6, 6.07) is 2.78. The second-order valence-corrected chi connectivity index (χ2v) is 7.42. The Labute approximate surface area is 135 Å². The fourth-order valence-electron chi connectivity index (χ4n) is 2.39. The highest BCUT2D eigenvalue weighted by molar-refractivity contribution is 7.88. The minimum atomic E-state index is -3.40. The minimum Gasteiger partial charge on any atom is -0.352 e. The van der Waals surface area contributed by atoms with Crippen LogP contribution in [0.25, 0.3) is 0 Å². The third kappa shape index (κ3) is 4.31. The van der Waals surface area contributed by atoms with Crippen LogP contribution >= 0.6 is 11.6 Å². The lowest BCUT2D eigenvalue weighted by Crippen LogP contribution is -2.54. The second kappa shape index (κ2) is 6.80. The van der Waals surface area contributed by atoms with Crippen molar-refractivity contribution >= 4 is 33.3 Å². The van der Waals surface area contributed by atoms with E-state index in [9.17, 15) is 13.2 Å². The normalized spacial score (nSPS) is 17.4. The highest BCUT2D eigenvalue weighted by Gasteiger charge is 2.27. The Morgan fingerprint density at radius 2 is 2.00 bits per heavy atom. The fourth-order valence-corrected chi connectivity index (χ4v) is 3.38. The van der Waals surface area contributed by atoms with Gasteiger partial charge in [0.2, 0.25) is 15.9 Å². The largest absolute Gasteiger partial charge is 0.352 e. The third-order valence-corrected chi connectivity index (χ3v) is 4.47. The lowest BCUT2D eigenvalue weighted by molar-refractivity contribution is -0.132. The number of carbonyl (C=O) groups is 1. The number of halogens is 1. The summed E-state index contributed by atoms with van der Waals surface area (Å²) >= 11 is 6.12. The number of sulfonamides is 1. The van der Waals surface area contributed by atoms with E-state index in [1.807, 2.05) is 4.90 Å². The van der Waals surface area contributed by atoms with Crippen molar-refractivity contribution in [3.63, 3.8) is 0 Å². The molecule has 1 aromatic rings. The number of hydrogen-bond donors (Lipinski definition) is 1. The van der Waals surface area contributed by atoms with E-state index in [0.717, 1.165) is 6.26 Å². The molecule has 0 aromatic carbocycles. The third-order valence-electron chi connectivity index (χ3n) is 3.39. The molecule has 1 aromatic heterocycles. The van der Waals surface area contributed by atoms with Crippen LogP contribution in [0.3, 0.4) is 0 Å². The summed E-state index contributed by atoms with van der Waals surface area (Å²) < 4.78 is 24.7. The van der Waals surface area contributed by atoms with Crippen molar-refractivity contribution in [2.24, 2.45) is 0 Å². The zero-order valence-electron chi connectivity index (χ0n) is 12.5. The molecule has 122 valence electrons. The first-order valence-electron chi connectivity index (χ1n) is 6.89. The van der Waals surface area contributed by atoms with Crippen LogP contribution in [0.1, 0.15) is 6.92 Å². The van der Waals surface area contributed by atoms with Crippen LogP contribution in [0.2, 0.25) is 5.02 Å². The number of amides is 1. The number of anilines is 1. The van der Waals surface area contributed by atoms with E-state index >= 15 is 0 Å². The van der Waals surface area contributed by atoms with Crippen LogP contribution in [0, 0.1) is 0 Å². The first-order valence-corrected chi connectivity index (χ1v) is 9.16. The predicted octanol–water partition coefficient (Wildman–Crippen LogP) is 0.321. The summed E-state index contributed by atoms with van der Waals surface area (Å²) in [5.41, 5.74) is 0. The standard InChI is InChI=1S/C13H19ClN4O3S/c1-10(16-22(2,20)21)13(19)18-8-6-17(7-9-18)12-11(14)4-3-5-15-12/h3-5,10,16H,6-9H2,1-2H3/t10-/m1/s1. The monoisotopic (exact) mass is 346 g/mol. The molecule has 1 saturated heterocycles. The molecule has 9 heteroatoms. The van der Waals surface area contributed by atoms with Gasteiger partial charge in [0.1, 0.15) is 5.82 Å². The van der Waals surface area contributed by atoms with Crippen molar-refractivity contribution in [1.29, 1.82) is 0 Å². The van der Waals surface area contributed by atoms with Gasteiger partial charge in [-0.3, -0.25) is 4.79 Å². The Hall–Kier alpha value is -1.38. The topological polar surface area (TPSA) is 82.6 Å². The van der Waals surface area contributed by atoms with E-state index in [2.05, 4.69) is 9.71 Å². The molecule has 2 heterocycles. The molecule has 22 heavy (non-hydrogen) atoms. The van der Waals surface area contributed by atoms with Gasteiger partial charge in [0, 0.05) is 32.4 Å². The van der Waals surface area contributed by atoms with E-state index in [4.69, 9.17) is 11.6 Å². The Kier molecular flexibility index (Phi) is 5.25. The summed E-state index contributed by atoms with van der Waals surface area (Å²) in [5, 5.41) is 0.578. The summed E-state index contributed by atoms with van der Waals surface area (Å²) in [6.07, 6.45) is 2.72. The first kappa shape index (κ1) is 17.0. The van der Waals surface area contributed by atoms with Crippen LogP contribution in [0.5, 0.6) is 0 Å². The lowest BCUT2D eigenvalue weighted by atomic mass is 10.2. The first-order chi connectivity index (χ1) is 10.3. The fraction of sp³-hybridized carbons (Fsp3) is 0.538. The molecule has 0 spiro atoms. The molecule has 0 aliphatic carbocycles. The number of piperazine rings is 1. The van der Waals surface area contributed by atoms with Gasteiger partial charge in [-0.25, -0.2) is 18.1 Å². The minimum absolute atomic E-state index is 0.225. The SMILES string of the molecule is C[C@@H](NS(C)(=O)=O)C(=O)N1CCN(c2ncccc2Cl)CC1. The molecular weight excluding hydrogens is 328 g/mol.